The van der Waals surface area contributed by atoms with E-state index in [0.29, 0.717) is 33.9 Å². The van der Waals surface area contributed by atoms with Crippen LogP contribution in [0, 0.1) is 0 Å². The molecule has 0 aliphatic carbocycles. The molecule has 1 aromatic carbocycles. The van der Waals surface area contributed by atoms with Crippen molar-refractivity contribution < 1.29 is 9.26 Å². The minimum absolute atomic E-state index is 0.222. The van der Waals surface area contributed by atoms with E-state index in [0.717, 1.165) is 0 Å². The molecule has 6 heteroatoms. The highest BCUT2D eigenvalue weighted by Crippen LogP contribution is 2.24. The number of halogens is 2. The predicted octanol–water partition coefficient (Wildman–Crippen LogP) is 3.52. The summed E-state index contributed by atoms with van der Waals surface area (Å²) in [5.41, 5.74) is 0. The molecule has 0 radical (unpaired) electrons. The lowest BCUT2D eigenvalue weighted by Crippen LogP contribution is -1.97. The Kier molecular flexibility index (Phi) is 3.86. The van der Waals surface area contributed by atoms with E-state index in [9.17, 15) is 0 Å². The zero-order valence-electron chi connectivity index (χ0n) is 9.11. The molecule has 1 heterocycles. The van der Waals surface area contributed by atoms with Gasteiger partial charge in [0.15, 0.2) is 6.61 Å². The van der Waals surface area contributed by atoms with Gasteiger partial charge in [0.05, 0.1) is 0 Å². The van der Waals surface area contributed by atoms with Crippen LogP contribution < -0.4 is 4.74 Å². The summed E-state index contributed by atoms with van der Waals surface area (Å²) in [6, 6.07) is 4.99. The van der Waals surface area contributed by atoms with E-state index in [2.05, 4.69) is 10.1 Å². The first-order chi connectivity index (χ1) is 8.17. The SMILES string of the molecule is CCc1nc(COc2cc(Cl)cc(Cl)c2)no1. The van der Waals surface area contributed by atoms with Crippen LogP contribution in [0.4, 0.5) is 0 Å². The Morgan fingerprint density at radius 2 is 1.94 bits per heavy atom. The van der Waals surface area contributed by atoms with Gasteiger partial charge in [0.25, 0.3) is 0 Å². The number of aromatic nitrogens is 2. The third-order valence-electron chi connectivity index (χ3n) is 2.02. The summed E-state index contributed by atoms with van der Waals surface area (Å²) in [6.07, 6.45) is 0.704. The van der Waals surface area contributed by atoms with Gasteiger partial charge < -0.3 is 9.26 Å². The van der Waals surface area contributed by atoms with Crippen molar-refractivity contribution in [1.29, 1.82) is 0 Å². The van der Waals surface area contributed by atoms with E-state index in [-0.39, 0.29) is 6.61 Å². The van der Waals surface area contributed by atoms with Gasteiger partial charge in [-0.1, -0.05) is 35.3 Å². The summed E-state index contributed by atoms with van der Waals surface area (Å²) < 4.78 is 10.4. The average Bonchev–Trinajstić information content (AvgIpc) is 2.73. The second-order valence-electron chi connectivity index (χ2n) is 3.35. The first kappa shape index (κ1) is 12.2. The van der Waals surface area contributed by atoms with Gasteiger partial charge in [-0.05, 0) is 18.2 Å². The van der Waals surface area contributed by atoms with E-state index in [4.69, 9.17) is 32.5 Å². The van der Waals surface area contributed by atoms with Crippen LogP contribution in [0.1, 0.15) is 18.6 Å². The van der Waals surface area contributed by atoms with Crippen molar-refractivity contribution in [2.75, 3.05) is 0 Å². The number of hydrogen-bond acceptors (Lipinski definition) is 4. The van der Waals surface area contributed by atoms with Crippen molar-refractivity contribution >= 4 is 23.2 Å². The fraction of sp³-hybridized carbons (Fsp3) is 0.273. The molecule has 0 saturated carbocycles. The van der Waals surface area contributed by atoms with Crippen LogP contribution in [0.25, 0.3) is 0 Å². The van der Waals surface area contributed by atoms with Gasteiger partial charge in [-0.25, -0.2) is 0 Å². The normalized spacial score (nSPS) is 10.5. The van der Waals surface area contributed by atoms with Crippen LogP contribution in [-0.4, -0.2) is 10.1 Å². The largest absolute Gasteiger partial charge is 0.485 e. The minimum atomic E-state index is 0.222. The molecule has 0 aliphatic heterocycles. The molecular weight excluding hydrogens is 263 g/mol. The van der Waals surface area contributed by atoms with Crippen LogP contribution in [0.5, 0.6) is 5.75 Å². The highest BCUT2D eigenvalue weighted by Gasteiger charge is 2.06. The van der Waals surface area contributed by atoms with Gasteiger partial charge in [-0.3, -0.25) is 0 Å². The lowest BCUT2D eigenvalue weighted by atomic mass is 10.3. The highest BCUT2D eigenvalue weighted by atomic mass is 35.5. The Hall–Kier alpha value is -1.26. The van der Waals surface area contributed by atoms with Crippen LogP contribution in [0.2, 0.25) is 10.0 Å². The maximum absolute atomic E-state index is 5.84. The lowest BCUT2D eigenvalue weighted by Gasteiger charge is -2.04. The molecule has 0 fully saturated rings. The van der Waals surface area contributed by atoms with E-state index in [1.165, 1.54) is 0 Å². The standard InChI is InChI=1S/C11H10Cl2N2O2/c1-2-11-14-10(15-17-11)6-16-9-4-7(12)3-8(13)5-9/h3-5H,2,6H2,1H3. The quantitative estimate of drug-likeness (QED) is 0.855. The molecule has 0 bridgehead atoms. The summed E-state index contributed by atoms with van der Waals surface area (Å²) in [5.74, 6) is 1.66. The molecule has 90 valence electrons. The van der Waals surface area contributed by atoms with Crippen LogP contribution in [0.15, 0.2) is 22.7 Å². The molecule has 2 rings (SSSR count). The van der Waals surface area contributed by atoms with Crippen LogP contribution in [-0.2, 0) is 13.0 Å². The Balaban J connectivity index is 2.01. The molecule has 4 nitrogen and oxygen atoms in total. The maximum atomic E-state index is 5.84. The van der Waals surface area contributed by atoms with Gasteiger partial charge in [-0.15, -0.1) is 0 Å². The smallest absolute Gasteiger partial charge is 0.226 e. The third kappa shape index (κ3) is 3.35. The molecule has 0 atom stereocenters. The molecule has 1 aromatic heterocycles. The summed E-state index contributed by atoms with van der Waals surface area (Å²) in [5, 5.41) is 4.82. The van der Waals surface area contributed by atoms with E-state index >= 15 is 0 Å². The second-order valence-corrected chi connectivity index (χ2v) is 4.22. The Morgan fingerprint density at radius 1 is 1.24 bits per heavy atom. The molecule has 0 saturated heterocycles. The zero-order valence-corrected chi connectivity index (χ0v) is 10.6. The summed E-state index contributed by atoms with van der Waals surface area (Å²) in [7, 11) is 0. The molecule has 2 aromatic rings. The van der Waals surface area contributed by atoms with E-state index in [1.54, 1.807) is 18.2 Å². The number of nitrogens with zero attached hydrogens (tertiary/aromatic N) is 2. The van der Waals surface area contributed by atoms with Gasteiger partial charge in [0, 0.05) is 16.5 Å². The van der Waals surface area contributed by atoms with E-state index < -0.39 is 0 Å². The van der Waals surface area contributed by atoms with Crippen molar-refractivity contribution in [2.24, 2.45) is 0 Å². The van der Waals surface area contributed by atoms with Crippen molar-refractivity contribution in [1.82, 2.24) is 10.1 Å². The minimum Gasteiger partial charge on any atom is -0.485 e. The number of benzene rings is 1. The first-order valence-corrected chi connectivity index (χ1v) is 5.83. The Labute approximate surface area is 108 Å². The molecular formula is C11H10Cl2N2O2. The molecule has 0 unspecified atom stereocenters. The van der Waals surface area contributed by atoms with Gasteiger partial charge in [-0.2, -0.15) is 4.98 Å². The molecule has 0 N–H and O–H groups in total. The maximum Gasteiger partial charge on any atom is 0.226 e. The number of aryl methyl sites for hydroxylation is 1. The zero-order chi connectivity index (χ0) is 12.3. The third-order valence-corrected chi connectivity index (χ3v) is 2.45. The average molecular weight is 273 g/mol. The Morgan fingerprint density at radius 3 is 2.53 bits per heavy atom. The molecule has 17 heavy (non-hydrogen) atoms. The van der Waals surface area contributed by atoms with E-state index in [1.807, 2.05) is 6.92 Å². The fourth-order valence-corrected chi connectivity index (χ4v) is 1.76. The van der Waals surface area contributed by atoms with Crippen LogP contribution >= 0.6 is 23.2 Å². The fourth-order valence-electron chi connectivity index (χ4n) is 1.25. The van der Waals surface area contributed by atoms with Crippen molar-refractivity contribution in [3.63, 3.8) is 0 Å². The van der Waals surface area contributed by atoms with Crippen molar-refractivity contribution in [3.05, 3.63) is 40.0 Å². The van der Waals surface area contributed by atoms with Gasteiger partial charge in [0.2, 0.25) is 11.7 Å². The summed E-state index contributed by atoms with van der Waals surface area (Å²) in [6.45, 7) is 2.16. The monoisotopic (exact) mass is 272 g/mol. The molecule has 0 aliphatic rings. The molecule has 0 amide bonds. The summed E-state index contributed by atoms with van der Waals surface area (Å²) >= 11 is 11.7. The van der Waals surface area contributed by atoms with Gasteiger partial charge in [0.1, 0.15) is 5.75 Å². The number of ether oxygens (including phenoxy) is 1. The highest BCUT2D eigenvalue weighted by molar-refractivity contribution is 6.34. The first-order valence-electron chi connectivity index (χ1n) is 5.07. The Bertz CT molecular complexity index is 494. The number of rotatable bonds is 4. The lowest BCUT2D eigenvalue weighted by molar-refractivity contribution is 0.285. The topological polar surface area (TPSA) is 48.2 Å². The van der Waals surface area contributed by atoms with Gasteiger partial charge >= 0.3 is 0 Å². The van der Waals surface area contributed by atoms with Crippen molar-refractivity contribution in [3.8, 4) is 5.75 Å². The molecule has 0 spiro atoms. The second kappa shape index (κ2) is 5.38. The predicted molar refractivity (Wildman–Crippen MR) is 64.5 cm³/mol. The number of hydrogen-bond donors (Lipinski definition) is 0. The van der Waals surface area contributed by atoms with Crippen LogP contribution in [0.3, 0.4) is 0 Å². The van der Waals surface area contributed by atoms with Crippen molar-refractivity contribution in [2.45, 2.75) is 20.0 Å². The summed E-state index contributed by atoms with van der Waals surface area (Å²) in [4.78, 5) is 4.12.